The van der Waals surface area contributed by atoms with Crippen LogP contribution in [0.2, 0.25) is 0 Å². The molecule has 0 N–H and O–H groups in total. The molecule has 1 aromatic heterocycles. The number of hydrogen-bond acceptors (Lipinski definition) is 4. The molecule has 0 amide bonds. The number of hydrogen-bond donors (Lipinski definition) is 0. The largest absolute Gasteiger partial charge is 0.299 e. The van der Waals surface area contributed by atoms with Gasteiger partial charge in [0.25, 0.3) is 5.69 Å². The van der Waals surface area contributed by atoms with E-state index in [1.807, 2.05) is 67.6 Å². The topological polar surface area (TPSA) is 56.0 Å². The van der Waals surface area contributed by atoms with Gasteiger partial charge in [-0.05, 0) is 31.5 Å². The fourth-order valence-electron chi connectivity index (χ4n) is 2.65. The van der Waals surface area contributed by atoms with E-state index in [4.69, 9.17) is 0 Å². The summed E-state index contributed by atoms with van der Waals surface area (Å²) in [6.45, 7) is 3.59. The minimum atomic E-state index is -0.334. The third kappa shape index (κ3) is 3.16. The molecule has 0 aliphatic rings. The summed E-state index contributed by atoms with van der Waals surface area (Å²) < 4.78 is 0. The molecule has 0 unspecified atom stereocenters. The summed E-state index contributed by atoms with van der Waals surface area (Å²) in [5, 5.41) is 11.7. The van der Waals surface area contributed by atoms with E-state index < -0.39 is 0 Å². The number of nitrogens with zero attached hydrogens (tertiary/aromatic N) is 2. The van der Waals surface area contributed by atoms with Crippen molar-refractivity contribution < 1.29 is 4.92 Å². The third-order valence-corrected chi connectivity index (χ3v) is 4.89. The first-order valence-electron chi connectivity index (χ1n) is 7.52. The van der Waals surface area contributed by atoms with E-state index in [1.54, 1.807) is 6.92 Å². The van der Waals surface area contributed by atoms with Gasteiger partial charge in [0.1, 0.15) is 5.69 Å². The number of rotatable bonds is 4. The Hall–Kier alpha value is -2.66. The van der Waals surface area contributed by atoms with E-state index in [-0.39, 0.29) is 10.6 Å². The molecule has 0 bridgehead atoms. The van der Waals surface area contributed by atoms with Gasteiger partial charge in [-0.2, -0.15) is 0 Å². The van der Waals surface area contributed by atoms with Gasteiger partial charge < -0.3 is 0 Å². The first-order valence-corrected chi connectivity index (χ1v) is 8.33. The zero-order valence-electron chi connectivity index (χ0n) is 13.4. The van der Waals surface area contributed by atoms with Crippen molar-refractivity contribution in [1.82, 2.24) is 4.98 Å². The van der Waals surface area contributed by atoms with Crippen molar-refractivity contribution in [2.45, 2.75) is 23.6 Å². The van der Waals surface area contributed by atoms with E-state index in [0.717, 1.165) is 21.0 Å². The average molecular weight is 336 g/mol. The summed E-state index contributed by atoms with van der Waals surface area (Å²) in [5.41, 5.74) is 2.78. The Balaban J connectivity index is 2.27. The predicted octanol–water partition coefficient (Wildman–Crippen LogP) is 5.42. The minimum absolute atomic E-state index is 0.0743. The highest BCUT2D eigenvalue weighted by molar-refractivity contribution is 7.99. The number of pyridine rings is 1. The zero-order chi connectivity index (χ0) is 17.1. The van der Waals surface area contributed by atoms with Crippen LogP contribution in [0, 0.1) is 24.0 Å². The highest BCUT2D eigenvalue weighted by Crippen LogP contribution is 2.43. The van der Waals surface area contributed by atoms with Gasteiger partial charge in [0, 0.05) is 9.79 Å². The quantitative estimate of drug-likeness (QED) is 0.471. The fraction of sp³-hybridized carbons (Fsp3) is 0.105. The highest BCUT2D eigenvalue weighted by atomic mass is 32.2. The molecule has 0 aliphatic carbocycles. The summed E-state index contributed by atoms with van der Waals surface area (Å²) in [6.07, 6.45) is 0. The van der Waals surface area contributed by atoms with Gasteiger partial charge in [-0.1, -0.05) is 60.3 Å². The summed E-state index contributed by atoms with van der Waals surface area (Å²) in [4.78, 5) is 17.6. The van der Waals surface area contributed by atoms with Crippen LogP contribution in [0.1, 0.15) is 11.4 Å². The Bertz CT molecular complexity index is 881. The zero-order valence-corrected chi connectivity index (χ0v) is 14.2. The molecular formula is C19H16N2O2S. The lowest BCUT2D eigenvalue weighted by Crippen LogP contribution is -2.02. The lowest BCUT2D eigenvalue weighted by molar-refractivity contribution is -0.385. The predicted molar refractivity (Wildman–Crippen MR) is 96.4 cm³/mol. The molecule has 3 rings (SSSR count). The Kier molecular flexibility index (Phi) is 4.62. The van der Waals surface area contributed by atoms with Crippen molar-refractivity contribution in [3.05, 3.63) is 82.2 Å². The van der Waals surface area contributed by atoms with Crippen molar-refractivity contribution in [3.63, 3.8) is 0 Å². The Labute approximate surface area is 144 Å². The van der Waals surface area contributed by atoms with E-state index in [0.29, 0.717) is 11.3 Å². The van der Waals surface area contributed by atoms with Crippen LogP contribution in [0.25, 0.3) is 11.1 Å². The van der Waals surface area contributed by atoms with Gasteiger partial charge in [0.05, 0.1) is 16.2 Å². The van der Waals surface area contributed by atoms with Gasteiger partial charge in [-0.25, -0.2) is 0 Å². The first kappa shape index (κ1) is 16.2. The van der Waals surface area contributed by atoms with Crippen LogP contribution < -0.4 is 0 Å². The van der Waals surface area contributed by atoms with E-state index in [1.165, 1.54) is 11.8 Å². The number of aryl methyl sites for hydroxylation is 2. The molecule has 0 saturated carbocycles. The number of aromatic nitrogens is 1. The van der Waals surface area contributed by atoms with Crippen LogP contribution in [0.5, 0.6) is 0 Å². The Morgan fingerprint density at radius 1 is 0.917 bits per heavy atom. The molecule has 0 aliphatic heterocycles. The maximum atomic E-state index is 11.7. The van der Waals surface area contributed by atoms with Gasteiger partial charge in [-0.15, -0.1) is 0 Å². The van der Waals surface area contributed by atoms with Crippen LogP contribution in [-0.4, -0.2) is 9.91 Å². The van der Waals surface area contributed by atoms with Gasteiger partial charge in [-0.3, -0.25) is 15.1 Å². The molecule has 24 heavy (non-hydrogen) atoms. The monoisotopic (exact) mass is 336 g/mol. The molecule has 2 aromatic carbocycles. The van der Waals surface area contributed by atoms with Gasteiger partial charge in [0.15, 0.2) is 0 Å². The highest BCUT2D eigenvalue weighted by Gasteiger charge is 2.26. The third-order valence-electron chi connectivity index (χ3n) is 3.68. The number of benzene rings is 2. The molecule has 1 heterocycles. The number of nitro groups is 1. The van der Waals surface area contributed by atoms with Crippen LogP contribution in [0.3, 0.4) is 0 Å². The molecule has 5 heteroatoms. The van der Waals surface area contributed by atoms with Crippen molar-refractivity contribution in [2.75, 3.05) is 0 Å². The SMILES string of the molecule is Cc1nc(C)c([N+](=O)[O-])c(-c2ccccc2)c1Sc1ccccc1. The second-order valence-corrected chi connectivity index (χ2v) is 6.46. The second-order valence-electron chi connectivity index (χ2n) is 5.37. The van der Waals surface area contributed by atoms with Crippen LogP contribution >= 0.6 is 11.8 Å². The molecule has 0 radical (unpaired) electrons. The Morgan fingerprint density at radius 3 is 2.08 bits per heavy atom. The first-order chi connectivity index (χ1) is 11.6. The van der Waals surface area contributed by atoms with Crippen LogP contribution in [0.15, 0.2) is 70.5 Å². The normalized spacial score (nSPS) is 10.6. The van der Waals surface area contributed by atoms with Crippen molar-refractivity contribution in [3.8, 4) is 11.1 Å². The van der Waals surface area contributed by atoms with E-state index in [2.05, 4.69) is 4.98 Å². The molecule has 0 fully saturated rings. The van der Waals surface area contributed by atoms with E-state index >= 15 is 0 Å². The molecule has 0 atom stereocenters. The summed E-state index contributed by atoms with van der Waals surface area (Å²) in [6, 6.07) is 19.3. The summed E-state index contributed by atoms with van der Waals surface area (Å²) in [5.74, 6) is 0. The molecule has 120 valence electrons. The van der Waals surface area contributed by atoms with Crippen molar-refractivity contribution >= 4 is 17.4 Å². The van der Waals surface area contributed by atoms with Gasteiger partial charge in [0.2, 0.25) is 0 Å². The average Bonchev–Trinajstić information content (AvgIpc) is 2.58. The van der Waals surface area contributed by atoms with Crippen LogP contribution in [0.4, 0.5) is 5.69 Å². The summed E-state index contributed by atoms with van der Waals surface area (Å²) >= 11 is 1.51. The Morgan fingerprint density at radius 2 is 1.50 bits per heavy atom. The molecule has 3 aromatic rings. The maximum Gasteiger partial charge on any atom is 0.299 e. The lowest BCUT2D eigenvalue weighted by Gasteiger charge is -2.14. The molecule has 0 saturated heterocycles. The molecule has 4 nitrogen and oxygen atoms in total. The smallest absolute Gasteiger partial charge is 0.258 e. The van der Waals surface area contributed by atoms with Crippen LogP contribution in [-0.2, 0) is 0 Å². The van der Waals surface area contributed by atoms with Crippen molar-refractivity contribution in [1.29, 1.82) is 0 Å². The maximum absolute atomic E-state index is 11.7. The molecule has 0 spiro atoms. The van der Waals surface area contributed by atoms with Gasteiger partial charge >= 0.3 is 0 Å². The van der Waals surface area contributed by atoms with E-state index in [9.17, 15) is 10.1 Å². The summed E-state index contributed by atoms with van der Waals surface area (Å²) in [7, 11) is 0. The van der Waals surface area contributed by atoms with Crippen molar-refractivity contribution in [2.24, 2.45) is 0 Å². The molecular weight excluding hydrogens is 320 g/mol. The standard InChI is InChI=1S/C19H16N2O2S/c1-13-18(21(22)23)17(15-9-5-3-6-10-15)19(14(2)20-13)24-16-11-7-4-8-12-16/h3-12H,1-2H3. The second kappa shape index (κ2) is 6.84. The fourth-order valence-corrected chi connectivity index (χ4v) is 3.69. The lowest BCUT2D eigenvalue weighted by atomic mass is 10.0. The minimum Gasteiger partial charge on any atom is -0.258 e.